The van der Waals surface area contributed by atoms with E-state index in [1.807, 2.05) is 0 Å². The number of aliphatic hydroxyl groups is 1. The van der Waals surface area contributed by atoms with Crippen LogP contribution < -0.4 is 0 Å². The Morgan fingerprint density at radius 3 is 2.50 bits per heavy atom. The maximum absolute atomic E-state index is 9.93. The van der Waals surface area contributed by atoms with Crippen LogP contribution in [0.1, 0.15) is 45.4 Å². The Morgan fingerprint density at radius 2 is 2.00 bits per heavy atom. The molecule has 70 valence electrons. The lowest BCUT2D eigenvalue weighted by molar-refractivity contribution is 0.0768. The molecule has 2 saturated carbocycles. The number of rotatable bonds is 3. The quantitative estimate of drug-likeness (QED) is 0.686. The van der Waals surface area contributed by atoms with E-state index in [0.717, 1.165) is 18.3 Å². The fourth-order valence-electron chi connectivity index (χ4n) is 2.62. The van der Waals surface area contributed by atoms with E-state index in [1.54, 1.807) is 0 Å². The van der Waals surface area contributed by atoms with Gasteiger partial charge in [-0.25, -0.2) is 0 Å². The molecule has 0 radical (unpaired) electrons. The van der Waals surface area contributed by atoms with Gasteiger partial charge in [0, 0.05) is 0 Å². The summed E-state index contributed by atoms with van der Waals surface area (Å²) in [5.41, 5.74) is 0. The van der Waals surface area contributed by atoms with E-state index in [2.05, 4.69) is 6.92 Å². The van der Waals surface area contributed by atoms with Crippen molar-refractivity contribution in [3.05, 3.63) is 0 Å². The van der Waals surface area contributed by atoms with Crippen LogP contribution >= 0.6 is 0 Å². The predicted octanol–water partition coefficient (Wildman–Crippen LogP) is 2.58. The second-order valence-corrected chi connectivity index (χ2v) is 4.82. The lowest BCUT2D eigenvalue weighted by Gasteiger charge is -2.21. The van der Waals surface area contributed by atoms with Crippen LogP contribution in [0, 0.1) is 17.8 Å². The van der Waals surface area contributed by atoms with Crippen molar-refractivity contribution in [2.24, 2.45) is 17.8 Å². The zero-order valence-electron chi connectivity index (χ0n) is 8.00. The number of hydrogen-bond acceptors (Lipinski definition) is 1. The minimum Gasteiger partial charge on any atom is -0.393 e. The minimum absolute atomic E-state index is 0.0231. The normalized spacial score (nSPS) is 38.5. The first-order chi connectivity index (χ1) is 5.77. The molecule has 2 aliphatic rings. The summed E-state index contributed by atoms with van der Waals surface area (Å²) in [6.45, 7) is 2.30. The van der Waals surface area contributed by atoms with Gasteiger partial charge in [-0.1, -0.05) is 32.6 Å². The average molecular weight is 168 g/mol. The van der Waals surface area contributed by atoms with E-state index in [9.17, 15) is 5.11 Å². The maximum atomic E-state index is 9.93. The average Bonchev–Trinajstić information content (AvgIpc) is 2.72. The molecule has 2 rings (SSSR count). The van der Waals surface area contributed by atoms with Crippen LogP contribution in [-0.4, -0.2) is 11.2 Å². The van der Waals surface area contributed by atoms with E-state index in [4.69, 9.17) is 0 Å². The van der Waals surface area contributed by atoms with Gasteiger partial charge in [-0.2, -0.15) is 0 Å². The highest BCUT2D eigenvalue weighted by molar-refractivity contribution is 4.84. The third kappa shape index (κ3) is 1.82. The van der Waals surface area contributed by atoms with Gasteiger partial charge in [-0.3, -0.25) is 0 Å². The van der Waals surface area contributed by atoms with Crippen LogP contribution in [0.25, 0.3) is 0 Å². The molecule has 1 nitrogen and oxygen atoms in total. The molecule has 1 heteroatoms. The molecule has 0 aliphatic heterocycles. The maximum Gasteiger partial charge on any atom is 0.0573 e. The second-order valence-electron chi connectivity index (χ2n) is 4.82. The van der Waals surface area contributed by atoms with Crippen molar-refractivity contribution in [1.82, 2.24) is 0 Å². The van der Waals surface area contributed by atoms with Gasteiger partial charge in [0.05, 0.1) is 6.10 Å². The van der Waals surface area contributed by atoms with E-state index >= 15 is 0 Å². The van der Waals surface area contributed by atoms with Gasteiger partial charge in [0.1, 0.15) is 0 Å². The summed E-state index contributed by atoms with van der Waals surface area (Å²) in [5.74, 6) is 2.29. The molecular formula is C11H20O. The van der Waals surface area contributed by atoms with Gasteiger partial charge in [-0.05, 0) is 30.6 Å². The molecule has 1 N–H and O–H groups in total. The first kappa shape index (κ1) is 8.55. The first-order valence-corrected chi connectivity index (χ1v) is 5.45. The molecule has 0 saturated heterocycles. The Labute approximate surface area is 75.2 Å². The first-order valence-electron chi connectivity index (χ1n) is 5.45. The van der Waals surface area contributed by atoms with Gasteiger partial charge in [0.2, 0.25) is 0 Å². The van der Waals surface area contributed by atoms with Gasteiger partial charge < -0.3 is 5.11 Å². The van der Waals surface area contributed by atoms with Crippen LogP contribution in [0.5, 0.6) is 0 Å². The van der Waals surface area contributed by atoms with Gasteiger partial charge in [-0.15, -0.1) is 0 Å². The summed E-state index contributed by atoms with van der Waals surface area (Å²) in [4.78, 5) is 0. The van der Waals surface area contributed by atoms with Gasteiger partial charge in [0.25, 0.3) is 0 Å². The highest BCUT2D eigenvalue weighted by atomic mass is 16.3. The fraction of sp³-hybridized carbons (Fsp3) is 1.00. The van der Waals surface area contributed by atoms with Gasteiger partial charge in [0.15, 0.2) is 0 Å². The van der Waals surface area contributed by atoms with E-state index < -0.39 is 0 Å². The Morgan fingerprint density at radius 1 is 1.25 bits per heavy atom. The standard InChI is InChI=1S/C11H20O/c1-8-3-2-4-10(8)11(12)7-9-5-6-9/h8-12H,2-7H2,1H3. The molecule has 12 heavy (non-hydrogen) atoms. The monoisotopic (exact) mass is 168 g/mol. The SMILES string of the molecule is CC1CCCC1C(O)CC1CC1. The minimum atomic E-state index is 0.0231. The number of hydrogen-bond donors (Lipinski definition) is 1. The fourth-order valence-corrected chi connectivity index (χ4v) is 2.62. The molecule has 0 heterocycles. The largest absolute Gasteiger partial charge is 0.393 e. The zero-order chi connectivity index (χ0) is 8.55. The van der Waals surface area contributed by atoms with E-state index in [1.165, 1.54) is 32.1 Å². The molecule has 0 spiro atoms. The smallest absolute Gasteiger partial charge is 0.0573 e. The van der Waals surface area contributed by atoms with E-state index in [0.29, 0.717) is 5.92 Å². The van der Waals surface area contributed by atoms with Crippen LogP contribution in [0.4, 0.5) is 0 Å². The topological polar surface area (TPSA) is 20.2 Å². The Hall–Kier alpha value is -0.0400. The predicted molar refractivity (Wildman–Crippen MR) is 49.9 cm³/mol. The summed E-state index contributed by atoms with van der Waals surface area (Å²) < 4.78 is 0. The molecule has 0 amide bonds. The lowest BCUT2D eigenvalue weighted by Crippen LogP contribution is -2.22. The number of aliphatic hydroxyl groups excluding tert-OH is 1. The Bertz CT molecular complexity index is 151. The molecule has 0 aromatic rings. The molecule has 0 bridgehead atoms. The molecule has 2 aliphatic carbocycles. The summed E-state index contributed by atoms with van der Waals surface area (Å²) in [7, 11) is 0. The summed E-state index contributed by atoms with van der Waals surface area (Å²) in [6, 6.07) is 0. The van der Waals surface area contributed by atoms with Crippen molar-refractivity contribution in [3.8, 4) is 0 Å². The lowest BCUT2D eigenvalue weighted by atomic mass is 9.89. The molecular weight excluding hydrogens is 148 g/mol. The van der Waals surface area contributed by atoms with Crippen LogP contribution in [0.2, 0.25) is 0 Å². The van der Waals surface area contributed by atoms with Crippen molar-refractivity contribution < 1.29 is 5.11 Å². The van der Waals surface area contributed by atoms with Crippen LogP contribution in [0.15, 0.2) is 0 Å². The van der Waals surface area contributed by atoms with Crippen LogP contribution in [0.3, 0.4) is 0 Å². The molecule has 3 atom stereocenters. The van der Waals surface area contributed by atoms with Crippen molar-refractivity contribution in [2.75, 3.05) is 0 Å². The molecule has 0 aromatic carbocycles. The van der Waals surface area contributed by atoms with Crippen LogP contribution in [-0.2, 0) is 0 Å². The second kappa shape index (κ2) is 3.37. The highest BCUT2D eigenvalue weighted by Gasteiger charge is 2.33. The van der Waals surface area contributed by atoms with Crippen molar-refractivity contribution >= 4 is 0 Å². The van der Waals surface area contributed by atoms with E-state index in [-0.39, 0.29) is 6.10 Å². The van der Waals surface area contributed by atoms with Crippen molar-refractivity contribution in [1.29, 1.82) is 0 Å². The third-order valence-corrected chi connectivity index (χ3v) is 3.69. The van der Waals surface area contributed by atoms with Crippen molar-refractivity contribution in [3.63, 3.8) is 0 Å². The summed E-state index contributed by atoms with van der Waals surface area (Å²) >= 11 is 0. The molecule has 2 fully saturated rings. The zero-order valence-corrected chi connectivity index (χ0v) is 8.00. The highest BCUT2D eigenvalue weighted by Crippen LogP contribution is 2.40. The molecule has 3 unspecified atom stereocenters. The summed E-state index contributed by atoms with van der Waals surface area (Å²) in [6.07, 6.45) is 7.82. The van der Waals surface area contributed by atoms with Gasteiger partial charge >= 0.3 is 0 Å². The van der Waals surface area contributed by atoms with Crippen molar-refractivity contribution in [2.45, 2.75) is 51.6 Å². The Balaban J connectivity index is 1.80. The third-order valence-electron chi connectivity index (χ3n) is 3.69. The summed E-state index contributed by atoms with van der Waals surface area (Å²) in [5, 5.41) is 9.93. The molecule has 0 aromatic heterocycles. The Kier molecular flexibility index (Phi) is 2.40.